The smallest absolute Gasteiger partial charge is 0.222 e. The van der Waals surface area contributed by atoms with Crippen molar-refractivity contribution >= 4 is 5.91 Å². The Labute approximate surface area is 109 Å². The van der Waals surface area contributed by atoms with Gasteiger partial charge in [0.25, 0.3) is 0 Å². The van der Waals surface area contributed by atoms with E-state index in [9.17, 15) is 4.79 Å². The van der Waals surface area contributed by atoms with E-state index >= 15 is 0 Å². The zero-order chi connectivity index (χ0) is 13.2. The van der Waals surface area contributed by atoms with Crippen LogP contribution < -0.4 is 11.1 Å². The molecule has 5 nitrogen and oxygen atoms in total. The lowest BCUT2D eigenvalue weighted by atomic mass is 9.98. The summed E-state index contributed by atoms with van der Waals surface area (Å²) in [4.78, 5) is 11.5. The van der Waals surface area contributed by atoms with Gasteiger partial charge in [0.05, 0.1) is 25.2 Å². The van der Waals surface area contributed by atoms with Crippen LogP contribution in [0.5, 0.6) is 0 Å². The number of carbonyl (C=O) groups is 1. The van der Waals surface area contributed by atoms with Gasteiger partial charge in [-0.05, 0) is 12.8 Å². The summed E-state index contributed by atoms with van der Waals surface area (Å²) >= 11 is 0. The molecule has 1 amide bonds. The molecule has 0 aromatic carbocycles. The molecular formula is C13H26N2O3. The molecule has 3 N–H and O–H groups in total. The van der Waals surface area contributed by atoms with E-state index in [2.05, 4.69) is 5.32 Å². The molecule has 1 rings (SSSR count). The fraction of sp³-hybridized carbons (Fsp3) is 0.923. The molecule has 0 radical (unpaired) electrons. The van der Waals surface area contributed by atoms with Gasteiger partial charge in [0, 0.05) is 20.2 Å². The van der Waals surface area contributed by atoms with Crippen LogP contribution in [0, 0.1) is 0 Å². The third-order valence-electron chi connectivity index (χ3n) is 3.34. The van der Waals surface area contributed by atoms with Gasteiger partial charge >= 0.3 is 0 Å². The van der Waals surface area contributed by atoms with Crippen molar-refractivity contribution in [2.75, 3.05) is 26.8 Å². The molecule has 106 valence electrons. The Bertz CT molecular complexity index is 226. The summed E-state index contributed by atoms with van der Waals surface area (Å²) in [7, 11) is 1.57. The first-order valence-electron chi connectivity index (χ1n) is 6.87. The molecule has 1 aliphatic rings. The highest BCUT2D eigenvalue weighted by Gasteiger charge is 2.14. The maximum atomic E-state index is 11.5. The summed E-state index contributed by atoms with van der Waals surface area (Å²) in [6.07, 6.45) is 6.70. The highest BCUT2D eigenvalue weighted by Crippen LogP contribution is 2.19. The van der Waals surface area contributed by atoms with Crippen LogP contribution in [0.15, 0.2) is 0 Å². The minimum atomic E-state index is -0.190. The number of rotatable bonds is 8. The highest BCUT2D eigenvalue weighted by atomic mass is 16.5. The van der Waals surface area contributed by atoms with Crippen LogP contribution in [0.2, 0.25) is 0 Å². The fourth-order valence-corrected chi connectivity index (χ4v) is 2.19. The Kier molecular flexibility index (Phi) is 7.96. The van der Waals surface area contributed by atoms with Gasteiger partial charge < -0.3 is 20.5 Å². The molecule has 0 aromatic rings. The molecule has 0 saturated heterocycles. The Hall–Kier alpha value is -0.650. The topological polar surface area (TPSA) is 73.6 Å². The lowest BCUT2D eigenvalue weighted by molar-refractivity contribution is -0.123. The van der Waals surface area contributed by atoms with Crippen LogP contribution >= 0.6 is 0 Å². The number of ether oxygens (including phenoxy) is 2. The van der Waals surface area contributed by atoms with Crippen molar-refractivity contribution < 1.29 is 14.3 Å². The van der Waals surface area contributed by atoms with E-state index in [4.69, 9.17) is 15.2 Å². The van der Waals surface area contributed by atoms with Crippen LogP contribution in [-0.4, -0.2) is 44.9 Å². The van der Waals surface area contributed by atoms with Crippen molar-refractivity contribution in [3.8, 4) is 0 Å². The van der Waals surface area contributed by atoms with Crippen molar-refractivity contribution in [1.29, 1.82) is 0 Å². The first-order chi connectivity index (χ1) is 8.76. The lowest BCUT2D eigenvalue weighted by Gasteiger charge is -2.22. The maximum absolute atomic E-state index is 11.5. The number of nitrogens with one attached hydrogen (secondary N) is 1. The van der Waals surface area contributed by atoms with Crippen molar-refractivity contribution in [1.82, 2.24) is 5.32 Å². The van der Waals surface area contributed by atoms with Crippen molar-refractivity contribution in [2.45, 2.75) is 50.7 Å². The summed E-state index contributed by atoms with van der Waals surface area (Å²) in [5, 5.41) is 2.82. The largest absolute Gasteiger partial charge is 0.380 e. The van der Waals surface area contributed by atoms with Crippen LogP contribution in [0.3, 0.4) is 0 Å². The molecular weight excluding hydrogens is 232 g/mol. The molecule has 1 saturated carbocycles. The van der Waals surface area contributed by atoms with Crippen LogP contribution in [0.25, 0.3) is 0 Å². The normalized spacial score (nSPS) is 18.6. The molecule has 0 heterocycles. The van der Waals surface area contributed by atoms with Crippen molar-refractivity contribution in [3.63, 3.8) is 0 Å². The predicted molar refractivity (Wildman–Crippen MR) is 70.3 cm³/mol. The van der Waals surface area contributed by atoms with Gasteiger partial charge in [-0.2, -0.15) is 0 Å². The molecule has 1 aliphatic carbocycles. The Balaban J connectivity index is 2.01. The highest BCUT2D eigenvalue weighted by molar-refractivity contribution is 5.76. The molecule has 18 heavy (non-hydrogen) atoms. The van der Waals surface area contributed by atoms with E-state index in [-0.39, 0.29) is 12.0 Å². The Morgan fingerprint density at radius 1 is 1.39 bits per heavy atom. The monoisotopic (exact) mass is 258 g/mol. The molecule has 0 aromatic heterocycles. The van der Waals surface area contributed by atoms with Crippen molar-refractivity contribution in [2.24, 2.45) is 5.73 Å². The number of amides is 1. The molecule has 1 fully saturated rings. The number of methoxy groups -OCH3 is 1. The van der Waals surface area contributed by atoms with Crippen LogP contribution in [0.1, 0.15) is 38.5 Å². The van der Waals surface area contributed by atoms with Gasteiger partial charge in [0.2, 0.25) is 5.91 Å². The number of hydrogen-bond donors (Lipinski definition) is 2. The summed E-state index contributed by atoms with van der Waals surface area (Å²) in [5.74, 6) is -0.0282. The van der Waals surface area contributed by atoms with E-state index < -0.39 is 0 Å². The first-order valence-corrected chi connectivity index (χ1v) is 6.87. The van der Waals surface area contributed by atoms with Crippen LogP contribution in [-0.2, 0) is 14.3 Å². The van der Waals surface area contributed by atoms with Gasteiger partial charge in [-0.15, -0.1) is 0 Å². The fourth-order valence-electron chi connectivity index (χ4n) is 2.19. The van der Waals surface area contributed by atoms with E-state index in [1.807, 2.05) is 0 Å². The number of nitrogens with two attached hydrogens (primary N) is 1. The Morgan fingerprint density at radius 3 is 2.72 bits per heavy atom. The third-order valence-corrected chi connectivity index (χ3v) is 3.34. The Morgan fingerprint density at radius 2 is 2.11 bits per heavy atom. The average Bonchev–Trinajstić information content (AvgIpc) is 2.42. The van der Waals surface area contributed by atoms with Crippen molar-refractivity contribution in [3.05, 3.63) is 0 Å². The SMILES string of the molecule is COC(CN)CC(=O)NCCOC1CCCCC1. The van der Waals surface area contributed by atoms with Gasteiger partial charge in [0.1, 0.15) is 0 Å². The summed E-state index contributed by atoms with van der Waals surface area (Å²) in [6.45, 7) is 1.52. The average molecular weight is 258 g/mol. The minimum absolute atomic E-state index is 0.0282. The van der Waals surface area contributed by atoms with E-state index in [0.29, 0.717) is 32.2 Å². The standard InChI is InChI=1S/C13H26N2O3/c1-17-12(10-14)9-13(16)15-7-8-18-11-5-3-2-4-6-11/h11-12H,2-10,14H2,1H3,(H,15,16). The first kappa shape index (κ1) is 15.4. The van der Waals surface area contributed by atoms with E-state index in [1.165, 1.54) is 19.3 Å². The summed E-state index contributed by atoms with van der Waals surface area (Å²) in [6, 6.07) is 0. The maximum Gasteiger partial charge on any atom is 0.222 e. The third kappa shape index (κ3) is 6.33. The second kappa shape index (κ2) is 9.30. The zero-order valence-corrected chi connectivity index (χ0v) is 11.3. The molecule has 5 heteroatoms. The molecule has 1 unspecified atom stereocenters. The van der Waals surface area contributed by atoms with Crippen LogP contribution in [0.4, 0.5) is 0 Å². The number of carbonyl (C=O) groups excluding carboxylic acids is 1. The lowest BCUT2D eigenvalue weighted by Crippen LogP contribution is -2.34. The van der Waals surface area contributed by atoms with Gasteiger partial charge in [0.15, 0.2) is 0 Å². The predicted octanol–water partition coefficient (Wildman–Crippen LogP) is 0.816. The van der Waals surface area contributed by atoms with Gasteiger partial charge in [-0.25, -0.2) is 0 Å². The van der Waals surface area contributed by atoms with Gasteiger partial charge in [-0.1, -0.05) is 19.3 Å². The summed E-state index contributed by atoms with van der Waals surface area (Å²) < 4.78 is 10.8. The van der Waals surface area contributed by atoms with E-state index in [1.54, 1.807) is 7.11 Å². The quantitative estimate of drug-likeness (QED) is 0.632. The zero-order valence-electron chi connectivity index (χ0n) is 11.3. The molecule has 0 bridgehead atoms. The number of hydrogen-bond acceptors (Lipinski definition) is 4. The second-order valence-electron chi connectivity index (χ2n) is 4.78. The molecule has 1 atom stereocenters. The molecule has 0 spiro atoms. The second-order valence-corrected chi connectivity index (χ2v) is 4.78. The van der Waals surface area contributed by atoms with Gasteiger partial charge in [-0.3, -0.25) is 4.79 Å². The van der Waals surface area contributed by atoms with E-state index in [0.717, 1.165) is 12.8 Å². The summed E-state index contributed by atoms with van der Waals surface area (Å²) in [5.41, 5.74) is 5.45. The molecule has 0 aliphatic heterocycles. The minimum Gasteiger partial charge on any atom is -0.380 e.